The predicted molar refractivity (Wildman–Crippen MR) is 139 cm³/mol. The third-order valence-corrected chi connectivity index (χ3v) is 6.28. The molecule has 9 nitrogen and oxygen atoms in total. The topological polar surface area (TPSA) is 97.4 Å². The number of benzene rings is 2. The van der Waals surface area contributed by atoms with Gasteiger partial charge in [0, 0.05) is 36.8 Å². The highest BCUT2D eigenvalue weighted by atomic mass is 16.6. The van der Waals surface area contributed by atoms with Crippen LogP contribution in [0, 0.1) is 0 Å². The Morgan fingerprint density at radius 2 is 1.76 bits per heavy atom. The first-order valence-corrected chi connectivity index (χ1v) is 12.7. The average Bonchev–Trinajstić information content (AvgIpc) is 2.87. The minimum absolute atomic E-state index is 0.00131. The summed E-state index contributed by atoms with van der Waals surface area (Å²) in [5, 5.41) is 2.70. The Bertz CT molecular complexity index is 1100. The molecular weight excluding hydrogens is 474 g/mol. The number of piperidine rings is 1. The molecular formula is C28H35N3O6. The molecule has 2 aliphatic rings. The van der Waals surface area contributed by atoms with Gasteiger partial charge < -0.3 is 24.4 Å². The van der Waals surface area contributed by atoms with Crippen molar-refractivity contribution in [3.05, 3.63) is 59.7 Å². The second kappa shape index (κ2) is 11.5. The highest BCUT2D eigenvalue weighted by molar-refractivity contribution is 5.94. The van der Waals surface area contributed by atoms with E-state index in [0.29, 0.717) is 63.4 Å². The number of para-hydroxylation sites is 1. The van der Waals surface area contributed by atoms with Crippen molar-refractivity contribution in [2.75, 3.05) is 31.1 Å². The van der Waals surface area contributed by atoms with Crippen molar-refractivity contribution in [1.82, 2.24) is 10.2 Å². The number of alkyl carbamates (subject to hydrolysis) is 1. The molecule has 1 fully saturated rings. The van der Waals surface area contributed by atoms with Gasteiger partial charge in [-0.2, -0.15) is 0 Å². The van der Waals surface area contributed by atoms with Gasteiger partial charge in [0.05, 0.1) is 12.3 Å². The molecule has 2 heterocycles. The van der Waals surface area contributed by atoms with Crippen LogP contribution >= 0.6 is 0 Å². The fourth-order valence-corrected chi connectivity index (χ4v) is 4.49. The Balaban J connectivity index is 1.22. The first-order valence-electron chi connectivity index (χ1n) is 12.7. The van der Waals surface area contributed by atoms with E-state index in [-0.39, 0.29) is 18.0 Å². The van der Waals surface area contributed by atoms with E-state index in [1.54, 1.807) is 29.2 Å². The Kier molecular flexibility index (Phi) is 8.21. The first-order chi connectivity index (χ1) is 17.7. The molecule has 2 aromatic rings. The van der Waals surface area contributed by atoms with Crippen LogP contribution in [0.5, 0.6) is 5.75 Å². The van der Waals surface area contributed by atoms with Gasteiger partial charge in [0.25, 0.3) is 5.91 Å². The Hall–Kier alpha value is -3.75. The summed E-state index contributed by atoms with van der Waals surface area (Å²) in [4.78, 5) is 40.8. The zero-order chi connectivity index (χ0) is 26.4. The van der Waals surface area contributed by atoms with E-state index < -0.39 is 11.7 Å². The Labute approximate surface area is 217 Å². The molecule has 0 atom stereocenters. The van der Waals surface area contributed by atoms with Crippen LogP contribution in [-0.4, -0.2) is 60.9 Å². The molecule has 2 aliphatic heterocycles. The van der Waals surface area contributed by atoms with Gasteiger partial charge in [-0.25, -0.2) is 9.59 Å². The molecule has 198 valence electrons. The molecule has 0 saturated carbocycles. The van der Waals surface area contributed by atoms with Crippen molar-refractivity contribution >= 4 is 23.8 Å². The van der Waals surface area contributed by atoms with Crippen LogP contribution in [-0.2, 0) is 16.1 Å². The number of likely N-dealkylation sites (tertiary alicyclic amines) is 1. The molecule has 0 spiro atoms. The van der Waals surface area contributed by atoms with Crippen molar-refractivity contribution in [2.45, 2.75) is 58.3 Å². The third kappa shape index (κ3) is 6.93. The normalized spacial score (nSPS) is 16.0. The van der Waals surface area contributed by atoms with E-state index in [9.17, 15) is 14.4 Å². The zero-order valence-electron chi connectivity index (χ0n) is 21.7. The van der Waals surface area contributed by atoms with Gasteiger partial charge in [0.15, 0.2) is 0 Å². The number of nitrogens with one attached hydrogen (secondary N) is 1. The van der Waals surface area contributed by atoms with Crippen LogP contribution in [0.2, 0.25) is 0 Å². The molecule has 37 heavy (non-hydrogen) atoms. The van der Waals surface area contributed by atoms with Crippen LogP contribution in [0.3, 0.4) is 0 Å². The minimum atomic E-state index is -0.525. The summed E-state index contributed by atoms with van der Waals surface area (Å²) < 4.78 is 16.3. The van der Waals surface area contributed by atoms with Gasteiger partial charge in [0.1, 0.15) is 18.0 Å². The van der Waals surface area contributed by atoms with Gasteiger partial charge >= 0.3 is 12.2 Å². The first kappa shape index (κ1) is 26.3. The number of fused-ring (bicyclic) bond motifs is 1. The predicted octanol–water partition coefficient (Wildman–Crippen LogP) is 4.74. The van der Waals surface area contributed by atoms with Crippen molar-refractivity contribution in [3.8, 4) is 5.75 Å². The molecule has 0 aliphatic carbocycles. The molecule has 3 amide bonds. The van der Waals surface area contributed by atoms with Crippen LogP contribution in [0.4, 0.5) is 15.3 Å². The number of amides is 3. The van der Waals surface area contributed by atoms with Gasteiger partial charge in [-0.15, -0.1) is 0 Å². The average molecular weight is 510 g/mol. The van der Waals surface area contributed by atoms with Crippen LogP contribution in [0.1, 0.15) is 56.0 Å². The lowest BCUT2D eigenvalue weighted by Crippen LogP contribution is -2.50. The molecule has 9 heteroatoms. The molecule has 1 N–H and O–H groups in total. The second-order valence-corrected chi connectivity index (χ2v) is 10.2. The van der Waals surface area contributed by atoms with E-state index in [4.69, 9.17) is 14.2 Å². The third-order valence-electron chi connectivity index (χ3n) is 6.28. The smallest absolute Gasteiger partial charge is 0.414 e. The van der Waals surface area contributed by atoms with Crippen molar-refractivity contribution in [1.29, 1.82) is 0 Å². The molecule has 2 aromatic carbocycles. The maximum absolute atomic E-state index is 13.0. The lowest BCUT2D eigenvalue weighted by Gasteiger charge is -2.40. The lowest BCUT2D eigenvalue weighted by molar-refractivity contribution is 0.0525. The van der Waals surface area contributed by atoms with Gasteiger partial charge in [-0.05, 0) is 70.4 Å². The number of hydrogen-bond acceptors (Lipinski definition) is 6. The van der Waals surface area contributed by atoms with Gasteiger partial charge in [-0.1, -0.05) is 18.2 Å². The van der Waals surface area contributed by atoms with Crippen LogP contribution < -0.4 is 15.0 Å². The quantitative estimate of drug-likeness (QED) is 0.542. The zero-order valence-corrected chi connectivity index (χ0v) is 21.7. The van der Waals surface area contributed by atoms with E-state index in [1.165, 1.54) is 0 Å². The Morgan fingerprint density at radius 3 is 2.46 bits per heavy atom. The fraction of sp³-hybridized carbons (Fsp3) is 0.464. The summed E-state index contributed by atoms with van der Waals surface area (Å²) in [6.07, 6.45) is 1.24. The highest BCUT2D eigenvalue weighted by Crippen LogP contribution is 2.32. The highest BCUT2D eigenvalue weighted by Gasteiger charge is 2.35. The van der Waals surface area contributed by atoms with Gasteiger partial charge in [-0.3, -0.25) is 9.69 Å². The molecule has 0 unspecified atom stereocenters. The molecule has 1 saturated heterocycles. The monoisotopic (exact) mass is 509 g/mol. The lowest BCUT2D eigenvalue weighted by atomic mass is 10.00. The number of carbonyl (C=O) groups is 3. The number of cyclic esters (lactones) is 1. The molecule has 0 radical (unpaired) electrons. The number of nitrogens with zero attached hydrogens (tertiary/aromatic N) is 2. The standard InChI is InChI=1S/C28H35N3O6/c1-28(2,3)37-26(33)29-15-6-18-35-23-11-9-20(10-12-23)25(32)30-16-13-22(14-17-30)31-24-8-5-4-7-21(24)19-36-27(31)34/h4-5,7-12,22H,6,13-19H2,1-3H3,(H,29,33). The van der Waals surface area contributed by atoms with Crippen LogP contribution in [0.25, 0.3) is 0 Å². The van der Waals surface area contributed by atoms with Crippen molar-refractivity contribution < 1.29 is 28.6 Å². The van der Waals surface area contributed by atoms with E-state index in [1.807, 2.05) is 49.9 Å². The Morgan fingerprint density at radius 1 is 1.05 bits per heavy atom. The fourth-order valence-electron chi connectivity index (χ4n) is 4.49. The minimum Gasteiger partial charge on any atom is -0.494 e. The summed E-state index contributed by atoms with van der Waals surface area (Å²) in [5.74, 6) is 0.628. The number of carbonyl (C=O) groups excluding carboxylic acids is 3. The summed E-state index contributed by atoms with van der Waals surface area (Å²) >= 11 is 0. The number of rotatable bonds is 7. The second-order valence-electron chi connectivity index (χ2n) is 10.2. The molecule has 0 aromatic heterocycles. The van der Waals surface area contributed by atoms with E-state index in [0.717, 1.165) is 11.3 Å². The largest absolute Gasteiger partial charge is 0.494 e. The molecule has 4 rings (SSSR count). The maximum atomic E-state index is 13.0. The number of ether oxygens (including phenoxy) is 3. The summed E-state index contributed by atoms with van der Waals surface area (Å²) in [7, 11) is 0. The SMILES string of the molecule is CC(C)(C)OC(=O)NCCCOc1ccc(C(=O)N2CCC(N3C(=O)OCc4ccccc43)CC2)cc1. The van der Waals surface area contributed by atoms with Crippen molar-refractivity contribution in [2.24, 2.45) is 0 Å². The van der Waals surface area contributed by atoms with Crippen molar-refractivity contribution in [3.63, 3.8) is 0 Å². The summed E-state index contributed by atoms with van der Waals surface area (Å²) in [5.41, 5.74) is 1.98. The van der Waals surface area contributed by atoms with E-state index >= 15 is 0 Å². The summed E-state index contributed by atoms with van der Waals surface area (Å²) in [6.45, 7) is 7.76. The number of anilines is 1. The van der Waals surface area contributed by atoms with Gasteiger partial charge in [0.2, 0.25) is 0 Å². The van der Waals surface area contributed by atoms with Crippen LogP contribution in [0.15, 0.2) is 48.5 Å². The summed E-state index contributed by atoms with van der Waals surface area (Å²) in [6, 6.07) is 14.9. The molecule has 0 bridgehead atoms. The van der Waals surface area contributed by atoms with E-state index in [2.05, 4.69) is 5.32 Å². The maximum Gasteiger partial charge on any atom is 0.414 e. The number of hydrogen-bond donors (Lipinski definition) is 1.